The van der Waals surface area contributed by atoms with Crippen LogP contribution in [-0.4, -0.2) is 23.0 Å². The molecule has 0 aromatic heterocycles. The van der Waals surface area contributed by atoms with E-state index in [-0.39, 0.29) is 0 Å². The van der Waals surface area contributed by atoms with Gasteiger partial charge in [0.1, 0.15) is 13.8 Å². The molecule has 0 saturated carbocycles. The number of rotatable bonds is 1. The summed E-state index contributed by atoms with van der Waals surface area (Å²) >= 11 is 0. The predicted molar refractivity (Wildman–Crippen MR) is 56.0 cm³/mol. The second kappa shape index (κ2) is 2.66. The zero-order chi connectivity index (χ0) is 9.47. The van der Waals surface area contributed by atoms with Crippen molar-refractivity contribution < 1.29 is 0 Å². The maximum absolute atomic E-state index is 4.39. The van der Waals surface area contributed by atoms with Gasteiger partial charge in [-0.05, 0) is 6.07 Å². The number of nitrogens with zero attached hydrogens (tertiary/aromatic N) is 2. The molecule has 0 aromatic rings. The van der Waals surface area contributed by atoms with E-state index in [0.717, 1.165) is 16.8 Å². The Labute approximate surface area is 78.6 Å². The van der Waals surface area contributed by atoms with Gasteiger partial charge >= 0.3 is 0 Å². The first kappa shape index (κ1) is 8.44. The van der Waals surface area contributed by atoms with Gasteiger partial charge in [-0.1, -0.05) is 19.6 Å². The van der Waals surface area contributed by atoms with Crippen molar-refractivity contribution in [1.82, 2.24) is 15.0 Å². The molecule has 1 N–H and O–H groups in total. The van der Waals surface area contributed by atoms with Crippen molar-refractivity contribution in [2.75, 3.05) is 0 Å². The second-order valence-corrected chi connectivity index (χ2v) is 9.20. The van der Waals surface area contributed by atoms with Crippen LogP contribution in [0, 0.1) is 0 Å². The number of fused-ring (bicyclic) bond motifs is 1. The van der Waals surface area contributed by atoms with E-state index in [1.54, 1.807) is 6.20 Å². The van der Waals surface area contributed by atoms with Gasteiger partial charge in [0.15, 0.2) is 0 Å². The lowest BCUT2D eigenvalue weighted by atomic mass is 10.3. The van der Waals surface area contributed by atoms with Crippen LogP contribution in [0.25, 0.3) is 11.4 Å². The molecule has 2 rings (SSSR count). The maximum Gasteiger partial charge on any atom is 0.123 e. The first-order valence-electron chi connectivity index (χ1n) is 4.37. The molecule has 0 unspecified atom stereocenters. The first-order chi connectivity index (χ1) is 6.07. The smallest absolute Gasteiger partial charge is 0.123 e. The summed E-state index contributed by atoms with van der Waals surface area (Å²) in [7, 11) is -1.32. The van der Waals surface area contributed by atoms with Gasteiger partial charge in [0.05, 0.1) is 17.3 Å². The number of hydrogen-bond acceptors (Lipinski definition) is 2. The average molecular weight is 191 g/mol. The largest absolute Gasteiger partial charge is 0.346 e. The molecular formula is C9H13N3Si. The molecule has 0 atom stereocenters. The lowest BCUT2D eigenvalue weighted by molar-refractivity contribution is 1.19. The maximum atomic E-state index is 4.39. The van der Waals surface area contributed by atoms with Gasteiger partial charge in [0.25, 0.3) is 0 Å². The van der Waals surface area contributed by atoms with Crippen LogP contribution in [0.3, 0.4) is 0 Å². The quantitative estimate of drug-likeness (QED) is 0.693. The minimum absolute atomic E-state index is 0.946. The Bertz CT molecular complexity index is 388. The van der Waals surface area contributed by atoms with Crippen LogP contribution < -0.4 is 5.45 Å². The van der Waals surface area contributed by atoms with Gasteiger partial charge in [-0.15, -0.1) is 0 Å². The van der Waals surface area contributed by atoms with Crippen molar-refractivity contribution in [2.45, 2.75) is 19.6 Å². The van der Waals surface area contributed by atoms with Gasteiger partial charge in [0.2, 0.25) is 0 Å². The molecule has 0 aliphatic carbocycles. The van der Waals surface area contributed by atoms with Gasteiger partial charge < -0.3 is 4.98 Å². The summed E-state index contributed by atoms with van der Waals surface area (Å²) in [6.45, 7) is 6.82. The summed E-state index contributed by atoms with van der Waals surface area (Å²) in [5.74, 6) is 0. The molecule has 3 nitrogen and oxygen atoms in total. The normalized spacial score (nSPS) is 12.2. The van der Waals surface area contributed by atoms with Crippen molar-refractivity contribution >= 4 is 13.5 Å². The van der Waals surface area contributed by atoms with E-state index in [9.17, 15) is 0 Å². The highest BCUT2D eigenvalue weighted by Gasteiger charge is 2.20. The molecule has 2 aliphatic heterocycles. The van der Waals surface area contributed by atoms with E-state index < -0.39 is 8.07 Å². The third kappa shape index (κ3) is 1.49. The fourth-order valence-corrected chi connectivity index (χ4v) is 2.18. The van der Waals surface area contributed by atoms with Gasteiger partial charge in [-0.3, -0.25) is 4.98 Å². The Morgan fingerprint density at radius 2 is 2.00 bits per heavy atom. The standard InChI is InChI=1S/C9H13N3Si/c1-13(2,3)9-11-6-8-7(12-9)4-5-10-8/h4-6H,1-3H3,(H,11,12). The van der Waals surface area contributed by atoms with E-state index in [2.05, 4.69) is 34.6 Å². The number of nitrogens with one attached hydrogen (secondary N) is 1. The van der Waals surface area contributed by atoms with Gasteiger partial charge in [0, 0.05) is 6.20 Å². The van der Waals surface area contributed by atoms with Crippen LogP contribution in [0.5, 0.6) is 0 Å². The zero-order valence-electron chi connectivity index (χ0n) is 8.13. The average Bonchev–Trinajstić information content (AvgIpc) is 2.47. The Hall–Kier alpha value is -1.16. The van der Waals surface area contributed by atoms with Crippen LogP contribution in [0.15, 0.2) is 18.5 Å². The topological polar surface area (TPSA) is 41.6 Å². The second-order valence-electron chi connectivity index (χ2n) is 4.23. The van der Waals surface area contributed by atoms with E-state index in [1.165, 1.54) is 0 Å². The Morgan fingerprint density at radius 1 is 1.23 bits per heavy atom. The highest BCUT2D eigenvalue weighted by Crippen LogP contribution is 2.13. The van der Waals surface area contributed by atoms with Crippen molar-refractivity contribution in [3.8, 4) is 11.4 Å². The van der Waals surface area contributed by atoms with Crippen molar-refractivity contribution in [3.63, 3.8) is 0 Å². The summed E-state index contributed by atoms with van der Waals surface area (Å²) < 4.78 is 0. The van der Waals surface area contributed by atoms with Crippen molar-refractivity contribution in [3.05, 3.63) is 18.5 Å². The predicted octanol–water partition coefficient (Wildman–Crippen LogP) is 1.45. The van der Waals surface area contributed by atoms with E-state index >= 15 is 0 Å². The molecule has 13 heavy (non-hydrogen) atoms. The zero-order valence-corrected chi connectivity index (χ0v) is 9.13. The lowest BCUT2D eigenvalue weighted by Crippen LogP contribution is -2.42. The molecule has 2 aliphatic rings. The highest BCUT2D eigenvalue weighted by molar-refractivity contribution is 6.87. The lowest BCUT2D eigenvalue weighted by Gasteiger charge is -2.15. The molecule has 0 saturated heterocycles. The van der Waals surface area contributed by atoms with E-state index in [1.807, 2.05) is 12.3 Å². The molecule has 0 fully saturated rings. The van der Waals surface area contributed by atoms with Crippen LogP contribution in [0.1, 0.15) is 0 Å². The van der Waals surface area contributed by atoms with Crippen molar-refractivity contribution in [2.24, 2.45) is 0 Å². The van der Waals surface area contributed by atoms with E-state index in [4.69, 9.17) is 0 Å². The molecule has 0 amide bonds. The van der Waals surface area contributed by atoms with Crippen LogP contribution in [0.4, 0.5) is 0 Å². The number of aromatic amines is 1. The van der Waals surface area contributed by atoms with Crippen LogP contribution in [-0.2, 0) is 0 Å². The monoisotopic (exact) mass is 191 g/mol. The Kier molecular flexibility index (Phi) is 1.73. The summed E-state index contributed by atoms with van der Waals surface area (Å²) in [6, 6.07) is 1.99. The molecule has 0 bridgehead atoms. The summed E-state index contributed by atoms with van der Waals surface area (Å²) in [6.07, 6.45) is 3.65. The van der Waals surface area contributed by atoms with Crippen molar-refractivity contribution in [1.29, 1.82) is 0 Å². The minimum atomic E-state index is -1.32. The molecule has 4 heteroatoms. The number of H-pyrrole nitrogens is 1. The summed E-state index contributed by atoms with van der Waals surface area (Å²) in [5, 5.41) is 0. The summed E-state index contributed by atoms with van der Waals surface area (Å²) in [4.78, 5) is 11.9. The SMILES string of the molecule is C[Si](C)(C)c1ncc2nccc-2[nH]1. The number of hydrogen-bond donors (Lipinski definition) is 1. The van der Waals surface area contributed by atoms with E-state index in [0.29, 0.717) is 0 Å². The van der Waals surface area contributed by atoms with Gasteiger partial charge in [-0.25, -0.2) is 4.98 Å². The third-order valence-electron chi connectivity index (χ3n) is 2.01. The minimum Gasteiger partial charge on any atom is -0.346 e. The molecule has 0 spiro atoms. The summed E-state index contributed by atoms with van der Waals surface area (Å²) in [5.41, 5.74) is 3.17. The number of aromatic nitrogens is 3. The van der Waals surface area contributed by atoms with Gasteiger partial charge in [-0.2, -0.15) is 0 Å². The fraction of sp³-hybridized carbons (Fsp3) is 0.333. The Balaban J connectivity index is 2.56. The molecule has 2 heterocycles. The molecular weight excluding hydrogens is 178 g/mol. The molecule has 0 aromatic carbocycles. The first-order valence-corrected chi connectivity index (χ1v) is 7.87. The van der Waals surface area contributed by atoms with Crippen LogP contribution in [0.2, 0.25) is 19.6 Å². The molecule has 0 radical (unpaired) electrons. The fourth-order valence-electron chi connectivity index (χ4n) is 1.22. The molecule has 68 valence electrons. The third-order valence-corrected chi connectivity index (χ3v) is 3.69. The van der Waals surface area contributed by atoms with Crippen LogP contribution >= 0.6 is 0 Å². The highest BCUT2D eigenvalue weighted by atomic mass is 28.3. The Morgan fingerprint density at radius 3 is 2.69 bits per heavy atom.